The Balaban J connectivity index is 1.66. The van der Waals surface area contributed by atoms with Crippen molar-refractivity contribution in [2.45, 2.75) is 38.9 Å². The van der Waals surface area contributed by atoms with Crippen molar-refractivity contribution >= 4 is 23.6 Å². The Bertz CT molecular complexity index is 1000. The van der Waals surface area contributed by atoms with Crippen LogP contribution in [0.1, 0.15) is 27.7 Å². The SMILES string of the molecule is CC1(C)OB(c2ccc(-c3cc(=O)c4ccccc4o3)cc2)OC1(C)C. The van der Waals surface area contributed by atoms with E-state index in [-0.39, 0.29) is 16.6 Å². The number of hydrogen-bond donors (Lipinski definition) is 0. The van der Waals surface area contributed by atoms with Crippen molar-refractivity contribution in [1.82, 2.24) is 0 Å². The fourth-order valence-electron chi connectivity index (χ4n) is 3.03. The standard InChI is InChI=1S/C21H21BO4/c1-20(2)21(3,4)26-22(25-20)15-11-9-14(10-12-15)19-13-17(23)16-7-5-6-8-18(16)24-19/h5-13H,1-4H3. The summed E-state index contributed by atoms with van der Waals surface area (Å²) in [5, 5.41) is 0.588. The Labute approximate surface area is 152 Å². The van der Waals surface area contributed by atoms with E-state index in [1.165, 1.54) is 6.07 Å². The minimum Gasteiger partial charge on any atom is -0.456 e. The van der Waals surface area contributed by atoms with Crippen LogP contribution in [0.5, 0.6) is 0 Å². The van der Waals surface area contributed by atoms with E-state index in [0.717, 1.165) is 11.0 Å². The molecule has 1 aliphatic heterocycles. The quantitative estimate of drug-likeness (QED) is 0.662. The van der Waals surface area contributed by atoms with E-state index in [1.807, 2.05) is 64.1 Å². The van der Waals surface area contributed by atoms with Crippen LogP contribution < -0.4 is 10.9 Å². The molecular formula is C21H21BO4. The predicted molar refractivity (Wildman–Crippen MR) is 104 cm³/mol. The molecule has 0 N–H and O–H groups in total. The van der Waals surface area contributed by atoms with Gasteiger partial charge in [-0.25, -0.2) is 0 Å². The number of fused-ring (bicyclic) bond motifs is 1. The molecule has 0 atom stereocenters. The molecular weight excluding hydrogens is 327 g/mol. The molecule has 132 valence electrons. The molecule has 0 spiro atoms. The molecule has 1 aliphatic rings. The van der Waals surface area contributed by atoms with Crippen LogP contribution >= 0.6 is 0 Å². The van der Waals surface area contributed by atoms with Gasteiger partial charge in [0.15, 0.2) is 5.43 Å². The van der Waals surface area contributed by atoms with Gasteiger partial charge in [-0.2, -0.15) is 0 Å². The van der Waals surface area contributed by atoms with Crippen LogP contribution in [0, 0.1) is 0 Å². The van der Waals surface area contributed by atoms with Crippen molar-refractivity contribution in [2.75, 3.05) is 0 Å². The zero-order valence-corrected chi connectivity index (χ0v) is 15.4. The highest BCUT2D eigenvalue weighted by Crippen LogP contribution is 2.36. The summed E-state index contributed by atoms with van der Waals surface area (Å²) < 4.78 is 18.1. The lowest BCUT2D eigenvalue weighted by Gasteiger charge is -2.32. The first-order valence-electron chi connectivity index (χ1n) is 8.76. The van der Waals surface area contributed by atoms with Gasteiger partial charge < -0.3 is 13.7 Å². The van der Waals surface area contributed by atoms with Crippen molar-refractivity contribution in [3.8, 4) is 11.3 Å². The number of para-hydroxylation sites is 1. The van der Waals surface area contributed by atoms with Gasteiger partial charge in [0.05, 0.1) is 16.6 Å². The maximum atomic E-state index is 12.3. The summed E-state index contributed by atoms with van der Waals surface area (Å²) in [5.74, 6) is 0.550. The highest BCUT2D eigenvalue weighted by Gasteiger charge is 2.51. The largest absolute Gasteiger partial charge is 0.494 e. The van der Waals surface area contributed by atoms with E-state index < -0.39 is 7.12 Å². The Morgan fingerprint density at radius 2 is 1.46 bits per heavy atom. The molecule has 0 radical (unpaired) electrons. The normalized spacial score (nSPS) is 18.4. The maximum absolute atomic E-state index is 12.3. The van der Waals surface area contributed by atoms with E-state index in [0.29, 0.717) is 16.7 Å². The number of hydrogen-bond acceptors (Lipinski definition) is 4. The second kappa shape index (κ2) is 5.83. The highest BCUT2D eigenvalue weighted by molar-refractivity contribution is 6.62. The molecule has 3 aromatic rings. The van der Waals surface area contributed by atoms with Gasteiger partial charge in [-0.3, -0.25) is 4.79 Å². The molecule has 1 fully saturated rings. The first kappa shape index (κ1) is 17.1. The topological polar surface area (TPSA) is 48.7 Å². The van der Waals surface area contributed by atoms with Crippen LogP contribution in [0.15, 0.2) is 63.8 Å². The third-order valence-corrected chi connectivity index (χ3v) is 5.36. The Morgan fingerprint density at radius 1 is 0.846 bits per heavy atom. The lowest BCUT2D eigenvalue weighted by molar-refractivity contribution is 0.00578. The van der Waals surface area contributed by atoms with Crippen molar-refractivity contribution in [1.29, 1.82) is 0 Å². The van der Waals surface area contributed by atoms with Gasteiger partial charge in [-0.15, -0.1) is 0 Å². The fourth-order valence-corrected chi connectivity index (χ4v) is 3.03. The maximum Gasteiger partial charge on any atom is 0.494 e. The van der Waals surface area contributed by atoms with E-state index in [9.17, 15) is 4.79 Å². The van der Waals surface area contributed by atoms with Gasteiger partial charge in [0.25, 0.3) is 0 Å². The van der Waals surface area contributed by atoms with Gasteiger partial charge in [0.1, 0.15) is 11.3 Å². The van der Waals surface area contributed by atoms with Crippen LogP contribution in [0.3, 0.4) is 0 Å². The average molecular weight is 348 g/mol. The van der Waals surface area contributed by atoms with Crippen LogP contribution in [0.25, 0.3) is 22.3 Å². The third-order valence-electron chi connectivity index (χ3n) is 5.36. The molecule has 2 heterocycles. The lowest BCUT2D eigenvalue weighted by Crippen LogP contribution is -2.41. The van der Waals surface area contributed by atoms with E-state index in [1.54, 1.807) is 12.1 Å². The Kier molecular flexibility index (Phi) is 3.83. The molecule has 1 saturated heterocycles. The lowest BCUT2D eigenvalue weighted by atomic mass is 9.79. The van der Waals surface area contributed by atoms with Crippen LogP contribution in [0.2, 0.25) is 0 Å². The van der Waals surface area contributed by atoms with Crippen molar-refractivity contribution in [3.63, 3.8) is 0 Å². The summed E-state index contributed by atoms with van der Waals surface area (Å²) in [7, 11) is -0.405. The predicted octanol–water partition coefficient (Wildman–Crippen LogP) is 3.76. The van der Waals surface area contributed by atoms with Crippen LogP contribution in [-0.2, 0) is 9.31 Å². The molecule has 4 rings (SSSR count). The van der Waals surface area contributed by atoms with Crippen molar-refractivity contribution in [2.24, 2.45) is 0 Å². The third kappa shape index (κ3) is 2.77. The van der Waals surface area contributed by atoms with Gasteiger partial charge in [0.2, 0.25) is 0 Å². The van der Waals surface area contributed by atoms with E-state index >= 15 is 0 Å². The monoisotopic (exact) mass is 348 g/mol. The number of rotatable bonds is 2. The Hall–Kier alpha value is -2.37. The van der Waals surface area contributed by atoms with Crippen molar-refractivity contribution < 1.29 is 13.7 Å². The van der Waals surface area contributed by atoms with E-state index in [2.05, 4.69) is 0 Å². The molecule has 0 saturated carbocycles. The zero-order chi connectivity index (χ0) is 18.5. The first-order chi connectivity index (χ1) is 12.3. The second-order valence-corrected chi connectivity index (χ2v) is 7.68. The van der Waals surface area contributed by atoms with Gasteiger partial charge in [-0.05, 0) is 45.3 Å². The summed E-state index contributed by atoms with van der Waals surface area (Å²) in [4.78, 5) is 12.3. The van der Waals surface area contributed by atoms with Crippen LogP contribution in [-0.4, -0.2) is 18.3 Å². The summed E-state index contributed by atoms with van der Waals surface area (Å²) in [5.41, 5.74) is 1.58. The smallest absolute Gasteiger partial charge is 0.456 e. The first-order valence-corrected chi connectivity index (χ1v) is 8.76. The average Bonchev–Trinajstić information content (AvgIpc) is 2.83. The van der Waals surface area contributed by atoms with E-state index in [4.69, 9.17) is 13.7 Å². The molecule has 1 aromatic heterocycles. The molecule has 4 nitrogen and oxygen atoms in total. The molecule has 26 heavy (non-hydrogen) atoms. The van der Waals surface area contributed by atoms with Gasteiger partial charge in [0, 0.05) is 11.6 Å². The zero-order valence-electron chi connectivity index (χ0n) is 15.4. The summed E-state index contributed by atoms with van der Waals surface area (Å²) in [6.45, 7) is 8.13. The summed E-state index contributed by atoms with van der Waals surface area (Å²) >= 11 is 0. The minimum atomic E-state index is -0.405. The summed E-state index contributed by atoms with van der Waals surface area (Å²) in [6.07, 6.45) is 0. The van der Waals surface area contributed by atoms with Crippen LogP contribution in [0.4, 0.5) is 0 Å². The molecule has 2 aromatic carbocycles. The minimum absolute atomic E-state index is 0.0446. The molecule has 0 amide bonds. The fraction of sp³-hybridized carbons (Fsp3) is 0.286. The Morgan fingerprint density at radius 3 is 2.12 bits per heavy atom. The van der Waals surface area contributed by atoms with Gasteiger partial charge in [-0.1, -0.05) is 36.4 Å². The highest BCUT2D eigenvalue weighted by atomic mass is 16.7. The molecule has 0 unspecified atom stereocenters. The number of benzene rings is 2. The summed E-state index contributed by atoms with van der Waals surface area (Å²) in [6, 6.07) is 16.5. The molecule has 0 aliphatic carbocycles. The van der Waals surface area contributed by atoms with Gasteiger partial charge >= 0.3 is 7.12 Å². The van der Waals surface area contributed by atoms with Crippen molar-refractivity contribution in [3.05, 3.63) is 64.8 Å². The molecule has 0 bridgehead atoms. The molecule has 5 heteroatoms. The second-order valence-electron chi connectivity index (χ2n) is 7.68.